The third-order valence-electron chi connectivity index (χ3n) is 6.26. The zero-order valence-corrected chi connectivity index (χ0v) is 19.6. The number of primary amides is 1. The average molecular weight is 496 g/mol. The summed E-state index contributed by atoms with van der Waals surface area (Å²) >= 11 is 0. The molecule has 1 aromatic carbocycles. The molecule has 1 aliphatic heterocycles. The monoisotopic (exact) mass is 495 g/mol. The molecule has 36 heavy (non-hydrogen) atoms. The first-order valence-electron chi connectivity index (χ1n) is 13.0. The minimum Gasteiger partial charge on any atom is -0.494 e. The van der Waals surface area contributed by atoms with Crippen LogP contribution in [0.25, 0.3) is 11.1 Å². The number of hydrogen-bond acceptors (Lipinski definition) is 8. The summed E-state index contributed by atoms with van der Waals surface area (Å²) in [5.41, 5.74) is 8.00. The molecule has 2 atom stereocenters. The molecule has 2 amide bonds. The Hall–Kier alpha value is -3.96. The molecule has 0 spiro atoms. The first-order chi connectivity index (χ1) is 18.6. The highest BCUT2D eigenvalue weighted by Crippen LogP contribution is 2.39. The van der Waals surface area contributed by atoms with E-state index >= 15 is 0 Å². The van der Waals surface area contributed by atoms with Gasteiger partial charge >= 0.3 is 0 Å². The number of nitrogens with one attached hydrogen (secondary N) is 2. The SMILES string of the molecule is [2H]C([2H])([2H])O[C@@H]1COC[C@@H]1n1cc(-c2cccc(Nc3cc(NC(=O)C4CC4)ncc3C(N)=O)c2OC)cn1. The summed E-state index contributed by atoms with van der Waals surface area (Å²) in [6, 6.07) is 6.56. The number of amides is 2. The molecule has 11 nitrogen and oxygen atoms in total. The zero-order chi connectivity index (χ0) is 27.7. The maximum atomic E-state index is 12.2. The number of carbonyl (C=O) groups is 2. The van der Waals surface area contributed by atoms with E-state index in [9.17, 15) is 9.59 Å². The molecule has 3 heterocycles. The molecule has 0 radical (unpaired) electrons. The quantitative estimate of drug-likeness (QED) is 0.411. The number of pyridine rings is 1. The van der Waals surface area contributed by atoms with Gasteiger partial charge in [-0.3, -0.25) is 14.3 Å². The van der Waals surface area contributed by atoms with Crippen molar-refractivity contribution in [3.8, 4) is 16.9 Å². The maximum absolute atomic E-state index is 12.2. The molecule has 5 rings (SSSR count). The van der Waals surface area contributed by atoms with Crippen molar-refractivity contribution in [2.24, 2.45) is 11.7 Å². The van der Waals surface area contributed by atoms with Crippen molar-refractivity contribution in [3.63, 3.8) is 0 Å². The number of hydrogen-bond donors (Lipinski definition) is 3. The number of para-hydroxylation sites is 1. The van der Waals surface area contributed by atoms with Crippen LogP contribution in [0.1, 0.15) is 33.4 Å². The minimum atomic E-state index is -2.55. The van der Waals surface area contributed by atoms with Crippen LogP contribution in [0, 0.1) is 5.92 Å². The lowest BCUT2D eigenvalue weighted by Crippen LogP contribution is -2.24. The van der Waals surface area contributed by atoms with Crippen molar-refractivity contribution in [2.45, 2.75) is 25.0 Å². The smallest absolute Gasteiger partial charge is 0.252 e. The van der Waals surface area contributed by atoms with Crippen LogP contribution in [-0.4, -0.2) is 60.0 Å². The second-order valence-electron chi connectivity index (χ2n) is 8.72. The summed E-state index contributed by atoms with van der Waals surface area (Å²) < 4.78 is 40.3. The van der Waals surface area contributed by atoms with E-state index in [-0.39, 0.29) is 30.6 Å². The van der Waals surface area contributed by atoms with Crippen LogP contribution in [0.2, 0.25) is 0 Å². The highest BCUT2D eigenvalue weighted by atomic mass is 16.5. The van der Waals surface area contributed by atoms with Crippen LogP contribution < -0.4 is 21.1 Å². The number of carbonyl (C=O) groups excluding carboxylic acids is 2. The van der Waals surface area contributed by atoms with Gasteiger partial charge in [0.1, 0.15) is 23.7 Å². The van der Waals surface area contributed by atoms with E-state index in [0.717, 1.165) is 12.8 Å². The molecular weight excluding hydrogens is 464 g/mol. The van der Waals surface area contributed by atoms with E-state index in [4.69, 9.17) is 24.1 Å². The van der Waals surface area contributed by atoms with Crippen LogP contribution in [0.5, 0.6) is 5.75 Å². The molecule has 0 unspecified atom stereocenters. The molecule has 11 heteroatoms. The third kappa shape index (κ3) is 4.75. The molecular formula is C25H28N6O5. The third-order valence-corrected chi connectivity index (χ3v) is 6.26. The highest BCUT2D eigenvalue weighted by Gasteiger charge is 2.31. The van der Waals surface area contributed by atoms with E-state index < -0.39 is 25.1 Å². The Bertz CT molecular complexity index is 1390. The molecule has 2 fully saturated rings. The van der Waals surface area contributed by atoms with Gasteiger partial charge in [0, 0.05) is 42.5 Å². The van der Waals surface area contributed by atoms with Gasteiger partial charge < -0.3 is 30.6 Å². The Morgan fingerprint density at radius 3 is 2.86 bits per heavy atom. The highest BCUT2D eigenvalue weighted by molar-refractivity contribution is 6.01. The summed E-state index contributed by atoms with van der Waals surface area (Å²) in [5.74, 6) is -0.0536. The Labute approximate surface area is 212 Å². The fraction of sp³-hybridized carbons (Fsp3) is 0.360. The fourth-order valence-corrected chi connectivity index (χ4v) is 4.17. The fourth-order valence-electron chi connectivity index (χ4n) is 4.17. The molecule has 2 aliphatic rings. The Morgan fingerprint density at radius 2 is 2.11 bits per heavy atom. The van der Waals surface area contributed by atoms with Crippen LogP contribution in [0.3, 0.4) is 0 Å². The van der Waals surface area contributed by atoms with Crippen molar-refractivity contribution in [1.29, 1.82) is 0 Å². The lowest BCUT2D eigenvalue weighted by Gasteiger charge is -2.17. The van der Waals surface area contributed by atoms with Gasteiger partial charge in [-0.1, -0.05) is 12.1 Å². The zero-order valence-electron chi connectivity index (χ0n) is 22.6. The summed E-state index contributed by atoms with van der Waals surface area (Å²) in [6.07, 6.45) is 5.74. The van der Waals surface area contributed by atoms with E-state index in [0.29, 0.717) is 34.1 Å². The first kappa shape index (κ1) is 20.3. The number of anilines is 3. The topological polar surface area (TPSA) is 143 Å². The maximum Gasteiger partial charge on any atom is 0.252 e. The van der Waals surface area contributed by atoms with E-state index in [2.05, 4.69) is 20.7 Å². The number of nitrogens with zero attached hydrogens (tertiary/aromatic N) is 3. The Balaban J connectivity index is 1.43. The summed E-state index contributed by atoms with van der Waals surface area (Å²) in [7, 11) is -1.03. The second-order valence-corrected chi connectivity index (χ2v) is 8.72. The number of ether oxygens (including phenoxy) is 3. The van der Waals surface area contributed by atoms with Crippen molar-refractivity contribution in [3.05, 3.63) is 48.4 Å². The lowest BCUT2D eigenvalue weighted by atomic mass is 10.1. The number of methoxy groups -OCH3 is 2. The van der Waals surface area contributed by atoms with Crippen molar-refractivity contribution < 1.29 is 27.9 Å². The van der Waals surface area contributed by atoms with Gasteiger partial charge in [-0.05, 0) is 18.9 Å². The largest absolute Gasteiger partial charge is 0.494 e. The number of rotatable bonds is 9. The van der Waals surface area contributed by atoms with Crippen LogP contribution in [0.4, 0.5) is 17.2 Å². The van der Waals surface area contributed by atoms with Crippen molar-refractivity contribution in [1.82, 2.24) is 14.8 Å². The normalized spacial score (nSPS) is 20.8. The van der Waals surface area contributed by atoms with Gasteiger partial charge in [-0.2, -0.15) is 5.10 Å². The van der Waals surface area contributed by atoms with Crippen LogP contribution in [-0.2, 0) is 14.3 Å². The lowest BCUT2D eigenvalue weighted by molar-refractivity contribution is -0.117. The van der Waals surface area contributed by atoms with Gasteiger partial charge in [0.2, 0.25) is 5.91 Å². The van der Waals surface area contributed by atoms with Gasteiger partial charge in [-0.25, -0.2) is 4.98 Å². The molecule has 1 aliphatic carbocycles. The number of nitrogens with two attached hydrogens (primary N) is 1. The van der Waals surface area contributed by atoms with Crippen LogP contribution >= 0.6 is 0 Å². The number of benzene rings is 1. The predicted octanol–water partition coefficient (Wildman–Crippen LogP) is 2.73. The molecule has 1 saturated carbocycles. The first-order valence-corrected chi connectivity index (χ1v) is 11.5. The minimum absolute atomic E-state index is 0.0113. The average Bonchev–Trinajstić information content (AvgIpc) is 3.46. The predicted molar refractivity (Wildman–Crippen MR) is 132 cm³/mol. The van der Waals surface area contributed by atoms with E-state index in [1.165, 1.54) is 13.3 Å². The van der Waals surface area contributed by atoms with E-state index in [1.54, 1.807) is 35.3 Å². The summed E-state index contributed by atoms with van der Waals surface area (Å²) in [6.45, 7) is 0.413. The van der Waals surface area contributed by atoms with Gasteiger partial charge in [0.15, 0.2) is 0 Å². The molecule has 1 saturated heterocycles. The van der Waals surface area contributed by atoms with Crippen molar-refractivity contribution >= 4 is 29.0 Å². The summed E-state index contributed by atoms with van der Waals surface area (Å²) in [5, 5.41) is 10.4. The molecule has 188 valence electrons. The number of aromatic nitrogens is 3. The van der Waals surface area contributed by atoms with E-state index in [1.807, 2.05) is 6.07 Å². The Morgan fingerprint density at radius 1 is 1.25 bits per heavy atom. The Kier molecular flexibility index (Phi) is 5.60. The molecule has 0 bridgehead atoms. The van der Waals surface area contributed by atoms with Gasteiger partial charge in [0.25, 0.3) is 5.91 Å². The van der Waals surface area contributed by atoms with Gasteiger partial charge in [0.05, 0.1) is 47.6 Å². The molecule has 4 N–H and O–H groups in total. The molecule has 3 aromatic rings. The van der Waals surface area contributed by atoms with Gasteiger partial charge in [-0.15, -0.1) is 0 Å². The second kappa shape index (κ2) is 9.96. The summed E-state index contributed by atoms with van der Waals surface area (Å²) in [4.78, 5) is 28.5. The standard InChI is InChI=1S/C25H28N6O5/c1-34-21-13-36-12-20(21)31-11-15(9-28-31)16-4-3-5-18(23(16)35-2)29-19-8-22(27-10-17(19)24(26)32)30-25(33)14-6-7-14/h3-5,8-11,14,20-21H,6-7,12-13H2,1-2H3,(H2,26,32)(H2,27,29,30,33)/t20-,21+/m0/s1/i1D3. The molecule has 2 aromatic heterocycles. The van der Waals surface area contributed by atoms with Crippen molar-refractivity contribution in [2.75, 3.05) is 38.0 Å². The van der Waals surface area contributed by atoms with Crippen LogP contribution in [0.15, 0.2) is 42.9 Å².